The van der Waals surface area contributed by atoms with E-state index >= 15 is 0 Å². The van der Waals surface area contributed by atoms with E-state index in [1.807, 2.05) is 13.0 Å². The van der Waals surface area contributed by atoms with Crippen LogP contribution in [-0.4, -0.2) is 18.7 Å². The molecule has 2 aliphatic carbocycles. The van der Waals surface area contributed by atoms with Crippen molar-refractivity contribution in [2.24, 2.45) is 5.92 Å². The number of esters is 1. The van der Waals surface area contributed by atoms with Crippen LogP contribution in [0.25, 0.3) is 0 Å². The summed E-state index contributed by atoms with van der Waals surface area (Å²) in [6.45, 7) is 2.43. The van der Waals surface area contributed by atoms with Gasteiger partial charge in [0.05, 0.1) is 6.61 Å². The largest absolute Gasteiger partial charge is 0.487 e. The Morgan fingerprint density at radius 3 is 2.33 bits per heavy atom. The first-order valence-corrected chi connectivity index (χ1v) is 7.35. The van der Waals surface area contributed by atoms with Gasteiger partial charge in [0.15, 0.2) is 0 Å². The van der Waals surface area contributed by atoms with Gasteiger partial charge in [-0.1, -0.05) is 12.8 Å². The number of ether oxygens (including phenoxy) is 2. The molecule has 0 unspecified atom stereocenters. The number of allylic oxidation sites excluding steroid dienone is 1. The number of carbonyl (C=O) groups is 1. The van der Waals surface area contributed by atoms with E-state index in [0.717, 1.165) is 12.8 Å². The summed E-state index contributed by atoms with van der Waals surface area (Å²) in [7, 11) is 0. The first-order chi connectivity index (χ1) is 8.79. The average molecular weight is 252 g/mol. The Morgan fingerprint density at radius 2 is 1.72 bits per heavy atom. The van der Waals surface area contributed by atoms with Crippen LogP contribution in [0.5, 0.6) is 0 Å². The van der Waals surface area contributed by atoms with Gasteiger partial charge < -0.3 is 9.47 Å². The summed E-state index contributed by atoms with van der Waals surface area (Å²) >= 11 is 0. The smallest absolute Gasteiger partial charge is 0.373 e. The lowest BCUT2D eigenvalue weighted by molar-refractivity contribution is -0.148. The molecule has 2 fully saturated rings. The van der Waals surface area contributed by atoms with Gasteiger partial charge in [-0.05, 0) is 57.4 Å². The van der Waals surface area contributed by atoms with Crippen molar-refractivity contribution in [2.75, 3.05) is 6.61 Å². The Balaban J connectivity index is 1.92. The Bertz CT molecular complexity index is 297. The fourth-order valence-corrected chi connectivity index (χ4v) is 2.88. The van der Waals surface area contributed by atoms with Gasteiger partial charge >= 0.3 is 5.97 Å². The lowest BCUT2D eigenvalue weighted by Crippen LogP contribution is -2.18. The highest BCUT2D eigenvalue weighted by Gasteiger charge is 2.23. The molecule has 0 atom stereocenters. The van der Waals surface area contributed by atoms with Crippen molar-refractivity contribution in [2.45, 2.75) is 64.4 Å². The zero-order valence-electron chi connectivity index (χ0n) is 11.3. The molecule has 2 saturated carbocycles. The minimum absolute atomic E-state index is 0.116. The van der Waals surface area contributed by atoms with Gasteiger partial charge in [0.25, 0.3) is 0 Å². The minimum atomic E-state index is -0.254. The van der Waals surface area contributed by atoms with Crippen molar-refractivity contribution in [1.82, 2.24) is 0 Å². The summed E-state index contributed by atoms with van der Waals surface area (Å²) in [5.74, 6) is 0.689. The van der Waals surface area contributed by atoms with Crippen LogP contribution in [0.4, 0.5) is 0 Å². The first kappa shape index (κ1) is 13.4. The highest BCUT2D eigenvalue weighted by atomic mass is 16.6. The summed E-state index contributed by atoms with van der Waals surface area (Å²) in [6.07, 6.45) is 11.3. The standard InChI is InChI=1S/C15H24O3/c1-2-17-14(11-12-7-3-4-8-12)15(16)18-13-9-5-6-10-13/h11-13H,2-10H2,1H3. The Morgan fingerprint density at radius 1 is 1.11 bits per heavy atom. The number of carbonyl (C=O) groups excluding carboxylic acids is 1. The third-order valence-electron chi connectivity index (χ3n) is 3.86. The van der Waals surface area contributed by atoms with Crippen molar-refractivity contribution >= 4 is 5.97 Å². The average Bonchev–Trinajstić information content (AvgIpc) is 3.01. The molecule has 0 aromatic carbocycles. The number of rotatable bonds is 5. The molecule has 18 heavy (non-hydrogen) atoms. The predicted molar refractivity (Wildman–Crippen MR) is 70.0 cm³/mol. The van der Waals surface area contributed by atoms with E-state index in [4.69, 9.17) is 9.47 Å². The fourth-order valence-electron chi connectivity index (χ4n) is 2.88. The third-order valence-corrected chi connectivity index (χ3v) is 3.86. The molecule has 102 valence electrons. The zero-order valence-corrected chi connectivity index (χ0v) is 11.3. The number of hydrogen-bond acceptors (Lipinski definition) is 3. The van der Waals surface area contributed by atoms with Gasteiger partial charge in [-0.25, -0.2) is 4.79 Å². The summed E-state index contributed by atoms with van der Waals surface area (Å²) < 4.78 is 11.0. The Hall–Kier alpha value is -0.990. The SMILES string of the molecule is CCOC(=CC1CCCC1)C(=O)OC1CCCC1. The van der Waals surface area contributed by atoms with E-state index in [1.54, 1.807) is 0 Å². The molecule has 3 nitrogen and oxygen atoms in total. The van der Waals surface area contributed by atoms with Crippen LogP contribution in [0.15, 0.2) is 11.8 Å². The van der Waals surface area contributed by atoms with Gasteiger partial charge in [0.2, 0.25) is 5.76 Å². The van der Waals surface area contributed by atoms with E-state index in [0.29, 0.717) is 18.3 Å². The Kier molecular flexibility index (Phi) is 5.09. The molecule has 2 rings (SSSR count). The summed E-state index contributed by atoms with van der Waals surface area (Å²) in [4.78, 5) is 12.1. The maximum atomic E-state index is 12.1. The van der Waals surface area contributed by atoms with Gasteiger partial charge in [0.1, 0.15) is 6.10 Å². The molecule has 2 aliphatic rings. The van der Waals surface area contributed by atoms with Gasteiger partial charge in [-0.3, -0.25) is 0 Å². The van der Waals surface area contributed by atoms with E-state index in [2.05, 4.69) is 0 Å². The molecular weight excluding hydrogens is 228 g/mol. The molecule has 3 heteroatoms. The second-order valence-corrected chi connectivity index (χ2v) is 5.32. The normalized spacial score (nSPS) is 22.4. The van der Waals surface area contributed by atoms with E-state index in [1.165, 1.54) is 38.5 Å². The maximum absolute atomic E-state index is 12.1. The summed E-state index contributed by atoms with van der Waals surface area (Å²) in [5.41, 5.74) is 0. The molecule has 0 aromatic heterocycles. The molecule has 0 N–H and O–H groups in total. The fraction of sp³-hybridized carbons (Fsp3) is 0.800. The van der Waals surface area contributed by atoms with Crippen molar-refractivity contribution in [3.8, 4) is 0 Å². The van der Waals surface area contributed by atoms with Crippen molar-refractivity contribution in [1.29, 1.82) is 0 Å². The van der Waals surface area contributed by atoms with Crippen LogP contribution in [0.1, 0.15) is 58.3 Å². The molecule has 0 aliphatic heterocycles. The zero-order chi connectivity index (χ0) is 12.8. The second kappa shape index (κ2) is 6.81. The monoisotopic (exact) mass is 252 g/mol. The molecule has 0 heterocycles. The van der Waals surface area contributed by atoms with Crippen LogP contribution in [-0.2, 0) is 14.3 Å². The molecule has 0 amide bonds. The first-order valence-electron chi connectivity index (χ1n) is 7.35. The number of hydrogen-bond donors (Lipinski definition) is 0. The maximum Gasteiger partial charge on any atom is 0.373 e. The van der Waals surface area contributed by atoms with Crippen LogP contribution in [0.3, 0.4) is 0 Å². The predicted octanol–water partition coefficient (Wildman–Crippen LogP) is 3.58. The molecule has 0 spiro atoms. The van der Waals surface area contributed by atoms with E-state index < -0.39 is 0 Å². The highest BCUT2D eigenvalue weighted by Crippen LogP contribution is 2.28. The Labute approximate surface area is 110 Å². The van der Waals surface area contributed by atoms with Crippen LogP contribution >= 0.6 is 0 Å². The van der Waals surface area contributed by atoms with Crippen LogP contribution < -0.4 is 0 Å². The molecule has 0 aromatic rings. The van der Waals surface area contributed by atoms with Crippen molar-refractivity contribution < 1.29 is 14.3 Å². The van der Waals surface area contributed by atoms with E-state index in [-0.39, 0.29) is 12.1 Å². The minimum Gasteiger partial charge on any atom is -0.487 e. The summed E-state index contributed by atoms with van der Waals surface area (Å²) in [6, 6.07) is 0. The van der Waals surface area contributed by atoms with Gasteiger partial charge in [0, 0.05) is 0 Å². The topological polar surface area (TPSA) is 35.5 Å². The van der Waals surface area contributed by atoms with E-state index in [9.17, 15) is 4.79 Å². The van der Waals surface area contributed by atoms with Crippen molar-refractivity contribution in [3.63, 3.8) is 0 Å². The molecule has 0 bridgehead atoms. The third kappa shape index (κ3) is 3.76. The quantitative estimate of drug-likeness (QED) is 0.426. The molecular formula is C15H24O3. The van der Waals surface area contributed by atoms with Crippen LogP contribution in [0, 0.1) is 5.92 Å². The van der Waals surface area contributed by atoms with Crippen LogP contribution in [0.2, 0.25) is 0 Å². The summed E-state index contributed by atoms with van der Waals surface area (Å²) in [5, 5.41) is 0. The van der Waals surface area contributed by atoms with Gasteiger partial charge in [-0.15, -0.1) is 0 Å². The molecule has 0 radical (unpaired) electrons. The lowest BCUT2D eigenvalue weighted by Gasteiger charge is -2.14. The highest BCUT2D eigenvalue weighted by molar-refractivity contribution is 5.86. The molecule has 0 saturated heterocycles. The van der Waals surface area contributed by atoms with Gasteiger partial charge in [-0.2, -0.15) is 0 Å². The van der Waals surface area contributed by atoms with Crippen molar-refractivity contribution in [3.05, 3.63) is 11.8 Å². The lowest BCUT2D eigenvalue weighted by atomic mass is 10.1. The second-order valence-electron chi connectivity index (χ2n) is 5.32.